The predicted molar refractivity (Wildman–Crippen MR) is 136 cm³/mol. The SMILES string of the molecule is C=CCOc1c(Cl)cc(C=C2SC(=Nc3ccc(OCC)cc3)N(CC)C2=O)cc1OCC. The van der Waals surface area contributed by atoms with E-state index >= 15 is 0 Å². The van der Waals surface area contributed by atoms with Gasteiger partial charge in [0.25, 0.3) is 5.91 Å². The van der Waals surface area contributed by atoms with E-state index in [1.165, 1.54) is 11.8 Å². The maximum absolute atomic E-state index is 13.0. The number of hydrogen-bond acceptors (Lipinski definition) is 6. The third-order valence-electron chi connectivity index (χ3n) is 4.55. The number of carbonyl (C=O) groups excluding carboxylic acids is 1. The minimum atomic E-state index is -0.103. The number of ether oxygens (including phenoxy) is 3. The van der Waals surface area contributed by atoms with Crippen LogP contribution in [0.3, 0.4) is 0 Å². The number of benzene rings is 2. The van der Waals surface area contributed by atoms with E-state index in [9.17, 15) is 4.79 Å². The van der Waals surface area contributed by atoms with Gasteiger partial charge in [0, 0.05) is 6.54 Å². The molecule has 8 heteroatoms. The van der Waals surface area contributed by atoms with Crippen molar-refractivity contribution < 1.29 is 19.0 Å². The first kappa shape index (κ1) is 24.7. The first-order chi connectivity index (χ1) is 16.0. The van der Waals surface area contributed by atoms with Gasteiger partial charge in [-0.1, -0.05) is 24.3 Å². The Balaban J connectivity index is 1.90. The zero-order valence-corrected chi connectivity index (χ0v) is 20.5. The summed E-state index contributed by atoms with van der Waals surface area (Å²) in [7, 11) is 0. The van der Waals surface area contributed by atoms with Gasteiger partial charge in [-0.05, 0) is 80.6 Å². The lowest BCUT2D eigenvalue weighted by Crippen LogP contribution is -2.28. The molecule has 2 aromatic carbocycles. The number of thioether (sulfide) groups is 1. The molecule has 1 aliphatic heterocycles. The standard InChI is InChI=1S/C25H27ClN2O4S/c1-5-13-32-23-20(26)14-17(15-21(23)31-8-4)16-22-24(29)28(6-2)25(33-22)27-18-9-11-19(12-10-18)30-7-3/h5,9-12,14-16H,1,6-8,13H2,2-4H3. The molecule has 6 nitrogen and oxygen atoms in total. The number of nitrogens with zero attached hydrogens (tertiary/aromatic N) is 2. The fraction of sp³-hybridized carbons (Fsp3) is 0.280. The highest BCUT2D eigenvalue weighted by Gasteiger charge is 2.32. The first-order valence-corrected chi connectivity index (χ1v) is 11.9. The largest absolute Gasteiger partial charge is 0.494 e. The Morgan fingerprint density at radius 2 is 1.82 bits per heavy atom. The molecule has 3 rings (SSSR count). The summed E-state index contributed by atoms with van der Waals surface area (Å²) >= 11 is 7.78. The van der Waals surface area contributed by atoms with Gasteiger partial charge in [-0.3, -0.25) is 9.69 Å². The highest BCUT2D eigenvalue weighted by atomic mass is 35.5. The Hall–Kier alpha value is -2.90. The molecule has 0 saturated carbocycles. The molecule has 0 spiro atoms. The van der Waals surface area contributed by atoms with Gasteiger partial charge in [-0.2, -0.15) is 0 Å². The first-order valence-electron chi connectivity index (χ1n) is 10.7. The molecule has 0 N–H and O–H groups in total. The molecule has 174 valence electrons. The number of amidine groups is 1. The van der Waals surface area contributed by atoms with Crippen LogP contribution >= 0.6 is 23.4 Å². The number of carbonyl (C=O) groups is 1. The lowest BCUT2D eigenvalue weighted by molar-refractivity contribution is -0.122. The molecule has 0 radical (unpaired) electrons. The average Bonchev–Trinajstić information content (AvgIpc) is 3.08. The Kier molecular flexibility index (Phi) is 8.86. The maximum atomic E-state index is 13.0. The maximum Gasteiger partial charge on any atom is 0.266 e. The van der Waals surface area contributed by atoms with Crippen molar-refractivity contribution in [1.82, 2.24) is 4.90 Å². The summed E-state index contributed by atoms with van der Waals surface area (Å²) in [6.45, 7) is 11.3. The lowest BCUT2D eigenvalue weighted by Gasteiger charge is -2.13. The van der Waals surface area contributed by atoms with Crippen LogP contribution < -0.4 is 14.2 Å². The zero-order valence-electron chi connectivity index (χ0n) is 19.0. The zero-order chi connectivity index (χ0) is 23.8. The van der Waals surface area contributed by atoms with E-state index in [-0.39, 0.29) is 5.91 Å². The predicted octanol–water partition coefficient (Wildman–Crippen LogP) is 6.33. The van der Waals surface area contributed by atoms with Gasteiger partial charge < -0.3 is 14.2 Å². The van der Waals surface area contributed by atoms with E-state index in [0.29, 0.717) is 53.0 Å². The van der Waals surface area contributed by atoms with E-state index in [1.54, 1.807) is 23.1 Å². The van der Waals surface area contributed by atoms with Crippen LogP contribution in [0.25, 0.3) is 6.08 Å². The summed E-state index contributed by atoms with van der Waals surface area (Å²) in [5, 5.41) is 1.03. The number of hydrogen-bond donors (Lipinski definition) is 0. The third-order valence-corrected chi connectivity index (χ3v) is 5.84. The normalized spacial score (nSPS) is 15.9. The Morgan fingerprint density at radius 1 is 1.09 bits per heavy atom. The van der Waals surface area contributed by atoms with Gasteiger partial charge >= 0.3 is 0 Å². The van der Waals surface area contributed by atoms with Crippen LogP contribution in [0.1, 0.15) is 26.3 Å². The van der Waals surface area contributed by atoms with E-state index < -0.39 is 0 Å². The number of halogens is 1. The molecule has 2 aromatic rings. The van der Waals surface area contributed by atoms with E-state index in [0.717, 1.165) is 17.0 Å². The van der Waals surface area contributed by atoms with Crippen molar-refractivity contribution in [3.05, 3.63) is 64.5 Å². The number of likely N-dealkylation sites (N-methyl/N-ethyl adjacent to an activating group) is 1. The Bertz CT molecular complexity index is 1070. The Labute approximate surface area is 203 Å². The van der Waals surface area contributed by atoms with Crippen LogP contribution in [0.15, 0.2) is 59.0 Å². The monoisotopic (exact) mass is 486 g/mol. The second kappa shape index (κ2) is 11.8. The van der Waals surface area contributed by atoms with Crippen molar-refractivity contribution in [2.24, 2.45) is 4.99 Å². The quantitative estimate of drug-likeness (QED) is 0.290. The molecule has 0 aromatic heterocycles. The minimum Gasteiger partial charge on any atom is -0.494 e. The molecule has 1 amide bonds. The topological polar surface area (TPSA) is 60.4 Å². The van der Waals surface area contributed by atoms with Crippen LogP contribution in [0.2, 0.25) is 5.02 Å². The van der Waals surface area contributed by atoms with E-state index in [1.807, 2.05) is 51.1 Å². The van der Waals surface area contributed by atoms with E-state index in [4.69, 9.17) is 25.8 Å². The molecular formula is C25H27ClN2O4S. The Morgan fingerprint density at radius 3 is 2.45 bits per heavy atom. The summed E-state index contributed by atoms with van der Waals surface area (Å²) < 4.78 is 16.8. The number of amides is 1. The number of rotatable bonds is 10. The van der Waals surface area contributed by atoms with Crippen molar-refractivity contribution in [2.75, 3.05) is 26.4 Å². The molecule has 1 fully saturated rings. The molecule has 0 unspecified atom stereocenters. The fourth-order valence-electron chi connectivity index (χ4n) is 3.13. The smallest absolute Gasteiger partial charge is 0.266 e. The van der Waals surface area contributed by atoms with Crippen molar-refractivity contribution >= 4 is 46.2 Å². The van der Waals surface area contributed by atoms with Gasteiger partial charge in [-0.25, -0.2) is 4.99 Å². The summed E-state index contributed by atoms with van der Waals surface area (Å²) in [6, 6.07) is 11.0. The van der Waals surface area contributed by atoms with Crippen LogP contribution in [-0.4, -0.2) is 42.3 Å². The van der Waals surface area contributed by atoms with Crippen molar-refractivity contribution in [3.8, 4) is 17.2 Å². The molecule has 1 aliphatic rings. The number of aliphatic imine (C=N–C) groups is 1. The van der Waals surface area contributed by atoms with Crippen molar-refractivity contribution in [2.45, 2.75) is 20.8 Å². The summed E-state index contributed by atoms with van der Waals surface area (Å²) in [5.41, 5.74) is 1.49. The van der Waals surface area contributed by atoms with Crippen LogP contribution in [0, 0.1) is 0 Å². The summed E-state index contributed by atoms with van der Waals surface area (Å²) in [5.74, 6) is 1.66. The van der Waals surface area contributed by atoms with Gasteiger partial charge in [-0.15, -0.1) is 0 Å². The molecule has 1 heterocycles. The average molecular weight is 487 g/mol. The highest BCUT2D eigenvalue weighted by molar-refractivity contribution is 8.18. The third kappa shape index (κ3) is 6.12. The van der Waals surface area contributed by atoms with Gasteiger partial charge in [0.15, 0.2) is 16.7 Å². The van der Waals surface area contributed by atoms with Crippen LogP contribution in [-0.2, 0) is 4.79 Å². The van der Waals surface area contributed by atoms with Gasteiger partial charge in [0.1, 0.15) is 12.4 Å². The van der Waals surface area contributed by atoms with Gasteiger partial charge in [0.05, 0.1) is 28.8 Å². The van der Waals surface area contributed by atoms with Crippen molar-refractivity contribution in [1.29, 1.82) is 0 Å². The minimum absolute atomic E-state index is 0.103. The summed E-state index contributed by atoms with van der Waals surface area (Å²) in [6.07, 6.45) is 3.43. The summed E-state index contributed by atoms with van der Waals surface area (Å²) in [4.78, 5) is 19.9. The lowest BCUT2D eigenvalue weighted by atomic mass is 10.1. The van der Waals surface area contributed by atoms with Gasteiger partial charge in [0.2, 0.25) is 0 Å². The fourth-order valence-corrected chi connectivity index (χ4v) is 4.47. The second-order valence-corrected chi connectivity index (χ2v) is 8.26. The molecule has 33 heavy (non-hydrogen) atoms. The molecule has 0 atom stereocenters. The second-order valence-electron chi connectivity index (χ2n) is 6.84. The van der Waals surface area contributed by atoms with Crippen LogP contribution in [0.5, 0.6) is 17.2 Å². The van der Waals surface area contributed by atoms with Crippen LogP contribution in [0.4, 0.5) is 5.69 Å². The molecule has 0 aliphatic carbocycles. The highest BCUT2D eigenvalue weighted by Crippen LogP contribution is 2.39. The van der Waals surface area contributed by atoms with Crippen molar-refractivity contribution in [3.63, 3.8) is 0 Å². The molecule has 0 bridgehead atoms. The van der Waals surface area contributed by atoms with E-state index in [2.05, 4.69) is 11.6 Å². The molecular weight excluding hydrogens is 460 g/mol. The molecule has 1 saturated heterocycles.